The Bertz CT molecular complexity index is 1620. The number of carbonyl (C=O) groups excluding carboxylic acids is 3. The maximum Gasteiger partial charge on any atom is 0.269 e. The third-order valence-corrected chi connectivity index (χ3v) is 7.44. The number of ketones is 1. The van der Waals surface area contributed by atoms with Gasteiger partial charge in [-0.1, -0.05) is 36.4 Å². The van der Waals surface area contributed by atoms with Crippen LogP contribution < -0.4 is 5.73 Å². The Labute approximate surface area is 216 Å². The van der Waals surface area contributed by atoms with Gasteiger partial charge in [-0.25, -0.2) is 8.78 Å². The van der Waals surface area contributed by atoms with Gasteiger partial charge in [0, 0.05) is 35.2 Å². The van der Waals surface area contributed by atoms with Crippen molar-refractivity contribution in [1.82, 2.24) is 19.7 Å². The van der Waals surface area contributed by atoms with Crippen LogP contribution in [0.25, 0.3) is 22.0 Å². The Balaban J connectivity index is 1.24. The van der Waals surface area contributed by atoms with Crippen molar-refractivity contribution >= 4 is 28.5 Å². The standard InChI is InChI=1S/C28H23F2N5O3/c29-20-7-2-1-5-17(20)18-6-3-4-15(26(18)30)12-24(36)22-11-16-10-21(16)35(22)25(37)14-34-23-13-32-9-8-19(23)27(33-34)28(31)38/h1-9,13,16,21-22H,10-12,14H2,(H2,31,38)/t16-,21-,22+/m1/s1. The monoisotopic (exact) mass is 515 g/mol. The van der Waals surface area contributed by atoms with Crippen molar-refractivity contribution in [2.24, 2.45) is 11.7 Å². The number of aromatic nitrogens is 3. The number of halogens is 2. The van der Waals surface area contributed by atoms with Crippen molar-refractivity contribution in [1.29, 1.82) is 0 Å². The van der Waals surface area contributed by atoms with Crippen LogP contribution in [-0.2, 0) is 22.6 Å². The molecule has 1 aliphatic heterocycles. The first-order chi connectivity index (χ1) is 18.3. The SMILES string of the molecule is NC(=O)c1nn(CC(=O)N2[C@@H]3C[C@@H]3C[C@H]2C(=O)Cc2cccc(-c3ccccc3F)c2F)c2cnccc12. The predicted molar refractivity (Wildman–Crippen MR) is 134 cm³/mol. The molecule has 38 heavy (non-hydrogen) atoms. The van der Waals surface area contributed by atoms with E-state index >= 15 is 4.39 Å². The van der Waals surface area contributed by atoms with Gasteiger partial charge in [0.1, 0.15) is 18.2 Å². The normalized spacial score (nSPS) is 19.9. The minimum Gasteiger partial charge on any atom is -0.364 e. The molecular weight excluding hydrogens is 492 g/mol. The number of pyridine rings is 1. The van der Waals surface area contributed by atoms with Gasteiger partial charge in [0.2, 0.25) is 5.91 Å². The van der Waals surface area contributed by atoms with Gasteiger partial charge in [-0.2, -0.15) is 5.10 Å². The van der Waals surface area contributed by atoms with E-state index in [1.54, 1.807) is 23.1 Å². The van der Waals surface area contributed by atoms with Gasteiger partial charge < -0.3 is 10.6 Å². The van der Waals surface area contributed by atoms with Gasteiger partial charge in [-0.05, 0) is 36.5 Å². The maximum atomic E-state index is 15.4. The van der Waals surface area contributed by atoms with Crippen molar-refractivity contribution in [3.8, 4) is 11.1 Å². The van der Waals surface area contributed by atoms with Crippen LogP contribution in [0.4, 0.5) is 8.78 Å². The number of nitrogens with two attached hydrogens (primary N) is 1. The number of benzene rings is 2. The number of rotatable bonds is 7. The first kappa shape index (κ1) is 23.9. The first-order valence-corrected chi connectivity index (χ1v) is 12.3. The predicted octanol–water partition coefficient (Wildman–Crippen LogP) is 3.28. The molecule has 8 nitrogen and oxygen atoms in total. The number of carbonyl (C=O) groups is 3. The van der Waals surface area contributed by atoms with Crippen molar-refractivity contribution in [2.45, 2.75) is 37.9 Å². The molecule has 2 aliphatic rings. The van der Waals surface area contributed by atoms with Crippen molar-refractivity contribution < 1.29 is 23.2 Å². The topological polar surface area (TPSA) is 111 Å². The van der Waals surface area contributed by atoms with Crippen LogP contribution in [0.1, 0.15) is 28.9 Å². The number of nitrogens with zero attached hydrogens (tertiary/aromatic N) is 4. The Morgan fingerprint density at radius 3 is 2.58 bits per heavy atom. The molecule has 2 N–H and O–H groups in total. The second kappa shape index (κ2) is 9.13. The van der Waals surface area contributed by atoms with Gasteiger partial charge in [-0.3, -0.25) is 24.0 Å². The van der Waals surface area contributed by atoms with Crippen LogP contribution in [-0.4, -0.2) is 49.3 Å². The van der Waals surface area contributed by atoms with Crippen molar-refractivity contribution in [2.75, 3.05) is 0 Å². The lowest BCUT2D eigenvalue weighted by molar-refractivity contribution is -0.139. The third kappa shape index (κ3) is 4.02. The van der Waals surface area contributed by atoms with Crippen LogP contribution in [0, 0.1) is 17.6 Å². The molecule has 192 valence electrons. The molecule has 0 bridgehead atoms. The molecule has 0 radical (unpaired) electrons. The van der Waals surface area contributed by atoms with Crippen LogP contribution in [0.5, 0.6) is 0 Å². The number of amides is 2. The van der Waals surface area contributed by atoms with E-state index < -0.39 is 23.6 Å². The Morgan fingerprint density at radius 1 is 1.00 bits per heavy atom. The van der Waals surface area contributed by atoms with Gasteiger partial charge in [0.15, 0.2) is 11.5 Å². The van der Waals surface area contributed by atoms with E-state index in [1.165, 1.54) is 47.4 Å². The van der Waals surface area contributed by atoms with E-state index in [2.05, 4.69) is 10.1 Å². The minimum absolute atomic E-state index is 0.0405. The van der Waals surface area contributed by atoms with E-state index in [0.29, 0.717) is 17.3 Å². The molecule has 6 rings (SSSR count). The summed E-state index contributed by atoms with van der Waals surface area (Å²) in [6.45, 7) is -0.195. The Kier molecular flexibility index (Phi) is 5.74. The lowest BCUT2D eigenvalue weighted by atomic mass is 9.96. The Hall–Kier alpha value is -4.47. The largest absolute Gasteiger partial charge is 0.364 e. The molecule has 10 heteroatoms. The van der Waals surface area contributed by atoms with Gasteiger partial charge >= 0.3 is 0 Å². The van der Waals surface area contributed by atoms with Crippen molar-refractivity contribution in [3.63, 3.8) is 0 Å². The average molecular weight is 516 g/mol. The van der Waals surface area contributed by atoms with E-state index in [0.717, 1.165) is 6.42 Å². The van der Waals surface area contributed by atoms with Crippen LogP contribution in [0.3, 0.4) is 0 Å². The molecule has 2 aromatic carbocycles. The Morgan fingerprint density at radius 2 is 1.79 bits per heavy atom. The van der Waals surface area contributed by atoms with E-state index in [1.807, 2.05) is 0 Å². The summed E-state index contributed by atoms with van der Waals surface area (Å²) in [5.41, 5.74) is 6.33. The highest BCUT2D eigenvalue weighted by Gasteiger charge is 2.55. The maximum absolute atomic E-state index is 15.4. The molecule has 3 heterocycles. The summed E-state index contributed by atoms with van der Waals surface area (Å²) >= 11 is 0. The smallest absolute Gasteiger partial charge is 0.269 e. The molecular formula is C28H23F2N5O3. The fourth-order valence-electron chi connectivity index (χ4n) is 5.54. The lowest BCUT2D eigenvalue weighted by Crippen LogP contribution is -2.45. The van der Waals surface area contributed by atoms with Gasteiger partial charge in [0.25, 0.3) is 5.91 Å². The third-order valence-electron chi connectivity index (χ3n) is 7.44. The number of primary amides is 1. The van der Waals surface area contributed by atoms with Crippen molar-refractivity contribution in [3.05, 3.63) is 83.8 Å². The summed E-state index contributed by atoms with van der Waals surface area (Å²) in [5.74, 6) is -2.30. The number of likely N-dealkylation sites (tertiary alicyclic amines) is 1. The van der Waals surface area contributed by atoms with Crippen LogP contribution in [0.15, 0.2) is 60.9 Å². The van der Waals surface area contributed by atoms with E-state index in [9.17, 15) is 18.8 Å². The van der Waals surface area contributed by atoms with Crippen LogP contribution >= 0.6 is 0 Å². The molecule has 2 aromatic heterocycles. The zero-order valence-corrected chi connectivity index (χ0v) is 20.2. The molecule has 0 unspecified atom stereocenters. The number of hydrogen-bond acceptors (Lipinski definition) is 5. The summed E-state index contributed by atoms with van der Waals surface area (Å²) in [5, 5.41) is 4.71. The summed E-state index contributed by atoms with van der Waals surface area (Å²) in [4.78, 5) is 44.3. The summed E-state index contributed by atoms with van der Waals surface area (Å²) in [6.07, 6.45) is 4.10. The first-order valence-electron chi connectivity index (χ1n) is 12.3. The van der Waals surface area contributed by atoms with Gasteiger partial charge in [0.05, 0.1) is 17.8 Å². The van der Waals surface area contributed by atoms with E-state index in [-0.39, 0.29) is 59.0 Å². The number of Topliss-reactive ketones (excluding diaryl/α,β-unsaturated/α-hetero) is 1. The average Bonchev–Trinajstić information content (AvgIpc) is 3.40. The van der Waals surface area contributed by atoms with Crippen LogP contribution in [0.2, 0.25) is 0 Å². The molecule has 2 fully saturated rings. The highest BCUT2D eigenvalue weighted by atomic mass is 19.1. The zero-order chi connectivity index (χ0) is 26.6. The minimum atomic E-state index is -0.719. The fourth-order valence-corrected chi connectivity index (χ4v) is 5.54. The van der Waals surface area contributed by atoms with Gasteiger partial charge in [-0.15, -0.1) is 0 Å². The molecule has 3 atom stereocenters. The highest BCUT2D eigenvalue weighted by Crippen LogP contribution is 2.48. The molecule has 0 spiro atoms. The molecule has 4 aromatic rings. The number of piperidine rings is 1. The molecule has 2 amide bonds. The molecule has 1 aliphatic carbocycles. The van der Waals surface area contributed by atoms with E-state index in [4.69, 9.17) is 5.73 Å². The quantitative estimate of drug-likeness (QED) is 0.406. The number of hydrogen-bond donors (Lipinski definition) is 1. The lowest BCUT2D eigenvalue weighted by Gasteiger charge is -2.27. The summed E-state index contributed by atoms with van der Waals surface area (Å²) in [7, 11) is 0. The number of fused-ring (bicyclic) bond motifs is 2. The second-order valence-corrected chi connectivity index (χ2v) is 9.78. The molecule has 1 saturated carbocycles. The summed E-state index contributed by atoms with van der Waals surface area (Å²) < 4.78 is 31.0. The zero-order valence-electron chi connectivity index (χ0n) is 20.2. The second-order valence-electron chi connectivity index (χ2n) is 9.78. The molecule has 1 saturated heterocycles. The fraction of sp³-hybridized carbons (Fsp3) is 0.250. The summed E-state index contributed by atoms with van der Waals surface area (Å²) in [6, 6.07) is 11.3. The highest BCUT2D eigenvalue weighted by molar-refractivity contribution is 6.04.